The highest BCUT2D eigenvalue weighted by Crippen LogP contribution is 2.39. The molecule has 1 aromatic heterocycles. The van der Waals surface area contributed by atoms with Crippen LogP contribution in [0.1, 0.15) is 68.1 Å². The van der Waals surface area contributed by atoms with Crippen molar-refractivity contribution in [2.24, 2.45) is 0 Å². The summed E-state index contributed by atoms with van der Waals surface area (Å²) >= 11 is 1.45. The number of hydrogen-bond donors (Lipinski definition) is 3. The molecule has 1 aliphatic rings. The van der Waals surface area contributed by atoms with E-state index in [0.29, 0.717) is 35.9 Å². The number of aliphatic hydroxyl groups excluding tert-OH is 1. The molecule has 3 aromatic rings. The van der Waals surface area contributed by atoms with Crippen LogP contribution >= 0.6 is 11.8 Å². The molecule has 2 amide bonds. The number of pyridine rings is 1. The molecule has 2 aromatic carbocycles. The molecule has 0 bridgehead atoms. The number of hydrogen-bond acceptors (Lipinski definition) is 7. The summed E-state index contributed by atoms with van der Waals surface area (Å²) in [6.45, 7) is 2.10. The molecule has 10 heteroatoms. The Morgan fingerprint density at radius 2 is 1.76 bits per heavy atom. The molecule has 218 valence electrons. The first-order valence-corrected chi connectivity index (χ1v) is 14.9. The standard InChI is InChI=1S/C31H37N3O6S/c1-22(36)32-17-5-2-3-7-29(37)33-26-15-13-25(14-16-26)31-39-27(21-41-30-8-4-6-18-34(30)38)19-28(40-31)24-11-9-23(20-35)10-12-24/h4,6,8-16,18,27-28,31,35H,2-3,5,7,17,19-21H2,1H3,(H,32,36)(H,33,37)/t27-,28+,31+/m1/s1. The van der Waals surface area contributed by atoms with E-state index in [1.807, 2.05) is 54.6 Å². The second-order valence-electron chi connectivity index (χ2n) is 9.99. The Kier molecular flexibility index (Phi) is 11.6. The van der Waals surface area contributed by atoms with Crippen molar-refractivity contribution in [2.75, 3.05) is 17.6 Å². The number of aromatic nitrogens is 1. The van der Waals surface area contributed by atoms with E-state index in [0.717, 1.165) is 40.7 Å². The van der Waals surface area contributed by atoms with E-state index in [1.165, 1.54) is 24.9 Å². The zero-order valence-corrected chi connectivity index (χ0v) is 24.0. The molecule has 0 aliphatic carbocycles. The van der Waals surface area contributed by atoms with Crippen LogP contribution in [0.3, 0.4) is 0 Å². The van der Waals surface area contributed by atoms with E-state index < -0.39 is 6.29 Å². The Morgan fingerprint density at radius 1 is 1.00 bits per heavy atom. The molecule has 1 aliphatic heterocycles. The van der Waals surface area contributed by atoms with Gasteiger partial charge in [0.15, 0.2) is 12.5 Å². The average Bonchev–Trinajstić information content (AvgIpc) is 2.98. The number of unbranched alkanes of at least 4 members (excludes halogenated alkanes) is 2. The van der Waals surface area contributed by atoms with E-state index in [9.17, 15) is 19.9 Å². The summed E-state index contributed by atoms with van der Waals surface area (Å²) in [4.78, 5) is 23.3. The van der Waals surface area contributed by atoms with Crippen molar-refractivity contribution < 1.29 is 28.9 Å². The maximum Gasteiger partial charge on any atom is 0.251 e. The minimum atomic E-state index is -0.625. The van der Waals surface area contributed by atoms with E-state index in [-0.39, 0.29) is 30.6 Å². The number of thioether (sulfide) groups is 1. The number of carbonyl (C=O) groups is 2. The topological polar surface area (TPSA) is 124 Å². The molecule has 0 unspecified atom stereocenters. The van der Waals surface area contributed by atoms with Gasteiger partial charge in [0.1, 0.15) is 0 Å². The summed E-state index contributed by atoms with van der Waals surface area (Å²) in [5.74, 6) is 0.486. The minimum Gasteiger partial charge on any atom is -0.618 e. The SMILES string of the molecule is CC(=O)NCCCCCC(=O)Nc1ccc([C@H]2O[C@@H](CSc3cccc[n+]3[O-])C[C@@H](c3ccc(CO)cc3)O2)cc1. The van der Waals surface area contributed by atoms with Gasteiger partial charge >= 0.3 is 0 Å². The lowest BCUT2D eigenvalue weighted by atomic mass is 10.0. The highest BCUT2D eigenvalue weighted by Gasteiger charge is 2.32. The summed E-state index contributed by atoms with van der Waals surface area (Å²) in [7, 11) is 0. The lowest BCUT2D eigenvalue weighted by Crippen LogP contribution is -2.32. The summed E-state index contributed by atoms with van der Waals surface area (Å²) in [6, 6.07) is 20.5. The molecule has 0 spiro atoms. The van der Waals surface area contributed by atoms with Gasteiger partial charge in [-0.15, -0.1) is 0 Å². The van der Waals surface area contributed by atoms with Gasteiger partial charge in [-0.05, 0) is 42.2 Å². The van der Waals surface area contributed by atoms with Gasteiger partial charge in [0.25, 0.3) is 5.03 Å². The predicted octanol–water partition coefficient (Wildman–Crippen LogP) is 4.79. The second kappa shape index (κ2) is 15.5. The van der Waals surface area contributed by atoms with Gasteiger partial charge in [0.05, 0.1) is 18.8 Å². The normalized spacial score (nSPS) is 18.5. The molecule has 4 rings (SSSR count). The Labute approximate surface area is 244 Å². The third kappa shape index (κ3) is 9.57. The molecule has 3 atom stereocenters. The Morgan fingerprint density at radius 3 is 2.46 bits per heavy atom. The molecule has 41 heavy (non-hydrogen) atoms. The fourth-order valence-electron chi connectivity index (χ4n) is 4.52. The van der Waals surface area contributed by atoms with Crippen LogP contribution in [-0.2, 0) is 25.7 Å². The van der Waals surface area contributed by atoms with Crippen LogP contribution < -0.4 is 15.4 Å². The van der Waals surface area contributed by atoms with Crippen molar-refractivity contribution in [3.63, 3.8) is 0 Å². The molecule has 0 radical (unpaired) electrons. The van der Waals surface area contributed by atoms with E-state index in [1.54, 1.807) is 12.1 Å². The van der Waals surface area contributed by atoms with Crippen molar-refractivity contribution in [1.29, 1.82) is 0 Å². The van der Waals surface area contributed by atoms with Gasteiger partial charge in [-0.1, -0.05) is 54.6 Å². The average molecular weight is 580 g/mol. The largest absolute Gasteiger partial charge is 0.618 e. The molecule has 2 heterocycles. The smallest absolute Gasteiger partial charge is 0.251 e. The number of ether oxygens (including phenoxy) is 2. The van der Waals surface area contributed by atoms with Gasteiger partial charge in [0, 0.05) is 55.4 Å². The number of benzene rings is 2. The van der Waals surface area contributed by atoms with E-state index in [4.69, 9.17) is 9.47 Å². The van der Waals surface area contributed by atoms with Crippen LogP contribution in [0.2, 0.25) is 0 Å². The van der Waals surface area contributed by atoms with Gasteiger partial charge in [-0.3, -0.25) is 9.59 Å². The van der Waals surface area contributed by atoms with E-state index >= 15 is 0 Å². The molecular weight excluding hydrogens is 542 g/mol. The van der Waals surface area contributed by atoms with Crippen LogP contribution in [-0.4, -0.2) is 35.3 Å². The molecule has 9 nitrogen and oxygen atoms in total. The first-order chi connectivity index (χ1) is 19.9. The summed E-state index contributed by atoms with van der Waals surface area (Å²) < 4.78 is 13.6. The quantitative estimate of drug-likeness (QED) is 0.115. The van der Waals surface area contributed by atoms with Crippen molar-refractivity contribution in [3.8, 4) is 0 Å². The number of nitrogens with zero attached hydrogens (tertiary/aromatic N) is 1. The van der Waals surface area contributed by atoms with Crippen LogP contribution in [0.4, 0.5) is 5.69 Å². The van der Waals surface area contributed by atoms with Crippen LogP contribution in [0, 0.1) is 5.21 Å². The number of nitrogens with one attached hydrogen (secondary N) is 2. The zero-order valence-electron chi connectivity index (χ0n) is 23.2. The predicted molar refractivity (Wildman–Crippen MR) is 157 cm³/mol. The maximum atomic E-state index is 12.4. The van der Waals surface area contributed by atoms with Gasteiger partial charge < -0.3 is 30.4 Å². The second-order valence-corrected chi connectivity index (χ2v) is 11.0. The van der Waals surface area contributed by atoms with Crippen LogP contribution in [0.5, 0.6) is 0 Å². The minimum absolute atomic E-state index is 0.0232. The van der Waals surface area contributed by atoms with Gasteiger partial charge in [0.2, 0.25) is 11.8 Å². The first kappa shape index (κ1) is 30.5. The number of amides is 2. The third-order valence-electron chi connectivity index (χ3n) is 6.74. The number of rotatable bonds is 13. The first-order valence-electron chi connectivity index (χ1n) is 13.9. The monoisotopic (exact) mass is 579 g/mol. The maximum absolute atomic E-state index is 12.4. The Hall–Kier alpha value is -3.44. The van der Waals surface area contributed by atoms with Crippen molar-refractivity contribution in [3.05, 3.63) is 94.8 Å². The summed E-state index contributed by atoms with van der Waals surface area (Å²) in [5.41, 5.74) is 3.34. The van der Waals surface area contributed by atoms with Gasteiger partial charge in [-0.25, -0.2) is 0 Å². The summed E-state index contributed by atoms with van der Waals surface area (Å²) in [5, 5.41) is 27.8. The third-order valence-corrected chi connectivity index (χ3v) is 7.89. The van der Waals surface area contributed by atoms with Crippen molar-refractivity contribution in [1.82, 2.24) is 5.32 Å². The molecule has 0 saturated carbocycles. The number of carbonyl (C=O) groups excluding carboxylic acids is 2. The van der Waals surface area contributed by atoms with Crippen LogP contribution in [0.15, 0.2) is 78.0 Å². The van der Waals surface area contributed by atoms with Crippen molar-refractivity contribution >= 4 is 29.3 Å². The lowest BCUT2D eigenvalue weighted by molar-refractivity contribution is -0.645. The molecule has 3 N–H and O–H groups in total. The highest BCUT2D eigenvalue weighted by atomic mass is 32.2. The molecule has 1 fully saturated rings. The molecular formula is C31H37N3O6S. The summed E-state index contributed by atoms with van der Waals surface area (Å²) in [6.07, 6.45) is 3.95. The van der Waals surface area contributed by atoms with E-state index in [2.05, 4.69) is 10.6 Å². The molecule has 1 saturated heterocycles. The number of aliphatic hydroxyl groups is 1. The number of anilines is 1. The Bertz CT molecular complexity index is 1270. The highest BCUT2D eigenvalue weighted by molar-refractivity contribution is 7.99. The zero-order chi connectivity index (χ0) is 29.0. The van der Waals surface area contributed by atoms with Crippen LogP contribution in [0.25, 0.3) is 0 Å². The lowest BCUT2D eigenvalue weighted by Gasteiger charge is -2.36. The Balaban J connectivity index is 1.37. The fraction of sp³-hybridized carbons (Fsp3) is 0.387. The van der Waals surface area contributed by atoms with Gasteiger partial charge in [-0.2, -0.15) is 4.73 Å². The van der Waals surface area contributed by atoms with Crippen molar-refractivity contribution in [2.45, 2.75) is 69.2 Å². The fourth-order valence-corrected chi connectivity index (χ4v) is 5.46.